The van der Waals surface area contributed by atoms with Crippen LogP contribution >= 0.6 is 0 Å². The van der Waals surface area contributed by atoms with Gasteiger partial charge in [0.2, 0.25) is 0 Å². The molecule has 8 nitrogen and oxygen atoms in total. The third-order valence-corrected chi connectivity index (χ3v) is 10.7. The number of ether oxygens (including phenoxy) is 2. The topological polar surface area (TPSA) is 99.6 Å². The molecule has 2 aliphatic rings. The molecule has 2 aromatic heterocycles. The maximum atomic E-state index is 12.8. The molecule has 0 aliphatic carbocycles. The molecule has 4 aromatic rings. The van der Waals surface area contributed by atoms with Crippen LogP contribution in [0.1, 0.15) is 69.9 Å². The average molecular weight is 644 g/mol. The Hall–Kier alpha value is -3.69. The van der Waals surface area contributed by atoms with E-state index in [9.17, 15) is 14.1 Å². The Morgan fingerprint density at radius 2 is 1.72 bits per heavy atom. The Balaban J connectivity index is 1.16. The van der Waals surface area contributed by atoms with Gasteiger partial charge in [0.05, 0.1) is 0 Å². The Morgan fingerprint density at radius 1 is 1.00 bits per heavy atom. The van der Waals surface area contributed by atoms with Gasteiger partial charge in [-0.05, 0) is 113 Å². The molecule has 4 heterocycles. The standard InChI is InChI=1S/C37H45N3O5S/c1-37(2,3)45-36(42)40-19-14-26(15-20-40)6-5-25-7-10-29(11-8-25)44-33-12-9-28(27-16-21-46(43)22-17-27)23-31(33)32-24-39(4)35(41)34-30(32)13-18-38-34/h7-13,18,23-24,26-27,38H,5-6,14-17,19-22H2,1-4H3. The molecule has 0 atom stereocenters. The molecule has 46 heavy (non-hydrogen) atoms. The highest BCUT2D eigenvalue weighted by Gasteiger charge is 2.27. The van der Waals surface area contributed by atoms with Crippen molar-refractivity contribution in [3.05, 3.63) is 82.4 Å². The molecule has 0 bridgehead atoms. The minimum absolute atomic E-state index is 0.0682. The number of aryl methyl sites for hydroxylation is 2. The number of hydrogen-bond acceptors (Lipinski definition) is 5. The molecular formula is C37H45N3O5S. The molecular weight excluding hydrogens is 598 g/mol. The first-order valence-corrected chi connectivity index (χ1v) is 17.9. The van der Waals surface area contributed by atoms with Gasteiger partial charge in [0.1, 0.15) is 34.1 Å². The molecule has 2 aromatic carbocycles. The van der Waals surface area contributed by atoms with Gasteiger partial charge >= 0.3 is 6.09 Å². The monoisotopic (exact) mass is 643 g/mol. The number of aromatic amines is 1. The summed E-state index contributed by atoms with van der Waals surface area (Å²) in [5.41, 5.74) is 4.38. The van der Waals surface area contributed by atoms with Gasteiger partial charge in [0.15, 0.2) is 0 Å². The van der Waals surface area contributed by atoms with Gasteiger partial charge in [0.25, 0.3) is 5.56 Å². The molecule has 0 unspecified atom stereocenters. The maximum Gasteiger partial charge on any atom is 0.410 e. The smallest absolute Gasteiger partial charge is 0.410 e. The zero-order chi connectivity index (χ0) is 32.4. The first-order valence-electron chi connectivity index (χ1n) is 16.4. The summed E-state index contributed by atoms with van der Waals surface area (Å²) in [5, 5.41) is 0.863. The minimum atomic E-state index is -0.723. The van der Waals surface area contributed by atoms with Gasteiger partial charge in [-0.3, -0.25) is 4.79 Å². The largest absolute Gasteiger partial charge is 0.616 e. The first kappa shape index (κ1) is 32.3. The number of piperidine rings is 1. The van der Waals surface area contributed by atoms with Crippen molar-refractivity contribution < 1.29 is 18.8 Å². The van der Waals surface area contributed by atoms with Crippen molar-refractivity contribution in [2.24, 2.45) is 13.0 Å². The van der Waals surface area contributed by atoms with Crippen molar-refractivity contribution in [2.45, 2.75) is 70.8 Å². The number of rotatable bonds is 7. The number of aromatic nitrogens is 2. The fourth-order valence-corrected chi connectivity index (χ4v) is 7.96. The number of carbonyl (C=O) groups is 1. The van der Waals surface area contributed by atoms with Gasteiger partial charge in [-0.15, -0.1) is 0 Å². The van der Waals surface area contributed by atoms with Crippen molar-refractivity contribution in [1.82, 2.24) is 14.5 Å². The highest BCUT2D eigenvalue weighted by molar-refractivity contribution is 7.91. The summed E-state index contributed by atoms with van der Waals surface area (Å²) in [4.78, 5) is 30.2. The molecule has 2 saturated heterocycles. The second-order valence-electron chi connectivity index (χ2n) is 13.8. The fraction of sp³-hybridized carbons (Fsp3) is 0.459. The highest BCUT2D eigenvalue weighted by atomic mass is 32.2. The lowest BCUT2D eigenvalue weighted by Crippen LogP contribution is -2.41. The van der Waals surface area contributed by atoms with Crippen LogP contribution < -0.4 is 10.3 Å². The van der Waals surface area contributed by atoms with E-state index >= 15 is 0 Å². The van der Waals surface area contributed by atoms with E-state index in [1.807, 2.05) is 56.1 Å². The van der Waals surface area contributed by atoms with E-state index in [0.717, 1.165) is 91.1 Å². The number of amides is 1. The number of benzene rings is 2. The van der Waals surface area contributed by atoms with Crippen LogP contribution in [0.5, 0.6) is 11.5 Å². The number of carbonyl (C=O) groups excluding carboxylic acids is 1. The lowest BCUT2D eigenvalue weighted by atomic mass is 9.90. The van der Waals surface area contributed by atoms with Crippen molar-refractivity contribution >= 4 is 28.2 Å². The summed E-state index contributed by atoms with van der Waals surface area (Å²) in [5.74, 6) is 3.89. The molecule has 0 spiro atoms. The van der Waals surface area contributed by atoms with Crippen molar-refractivity contribution in [1.29, 1.82) is 0 Å². The van der Waals surface area contributed by atoms with Crippen LogP contribution in [0.25, 0.3) is 22.0 Å². The third-order valence-electron chi connectivity index (χ3n) is 9.31. The van der Waals surface area contributed by atoms with Gasteiger partial charge in [-0.2, -0.15) is 0 Å². The third kappa shape index (κ3) is 7.47. The van der Waals surface area contributed by atoms with E-state index in [0.29, 0.717) is 17.4 Å². The number of H-pyrrole nitrogens is 1. The van der Waals surface area contributed by atoms with Crippen LogP contribution in [0.3, 0.4) is 0 Å². The van der Waals surface area contributed by atoms with Crippen LogP contribution in [0.4, 0.5) is 4.79 Å². The summed E-state index contributed by atoms with van der Waals surface area (Å²) in [7, 11) is 1.77. The van der Waals surface area contributed by atoms with Gasteiger partial charge in [-0.25, -0.2) is 4.79 Å². The first-order chi connectivity index (χ1) is 22.0. The Labute approximate surface area is 274 Å². The second-order valence-corrected chi connectivity index (χ2v) is 15.5. The van der Waals surface area contributed by atoms with Crippen molar-refractivity contribution in [2.75, 3.05) is 24.6 Å². The fourth-order valence-electron chi connectivity index (χ4n) is 6.66. The zero-order valence-electron chi connectivity index (χ0n) is 27.3. The number of nitrogens with zero attached hydrogens (tertiary/aromatic N) is 2. The number of pyridine rings is 1. The van der Waals surface area contributed by atoms with E-state index in [4.69, 9.17) is 9.47 Å². The highest BCUT2D eigenvalue weighted by Crippen LogP contribution is 2.40. The molecule has 244 valence electrons. The molecule has 9 heteroatoms. The van der Waals surface area contributed by atoms with Crippen LogP contribution in [0.2, 0.25) is 0 Å². The number of fused-ring (bicyclic) bond motifs is 1. The van der Waals surface area contributed by atoms with Crippen LogP contribution in [0, 0.1) is 5.92 Å². The van der Waals surface area contributed by atoms with E-state index in [2.05, 4.69) is 29.2 Å². The summed E-state index contributed by atoms with van der Waals surface area (Å²) in [6, 6.07) is 16.7. The predicted molar refractivity (Wildman–Crippen MR) is 184 cm³/mol. The quantitative estimate of drug-likeness (QED) is 0.210. The minimum Gasteiger partial charge on any atom is -0.616 e. The van der Waals surface area contributed by atoms with Gasteiger partial charge in [0, 0.05) is 49.0 Å². The summed E-state index contributed by atoms with van der Waals surface area (Å²) in [6.07, 6.45) is 9.36. The SMILES string of the molecule is Cn1cc(-c2cc(C3CC[S+]([O-])CC3)ccc2Oc2ccc(CCC3CCN(C(=O)OC(C)(C)C)CC3)cc2)c2cc[nH]c2c1=O. The zero-order valence-corrected chi connectivity index (χ0v) is 28.2. The van der Waals surface area contributed by atoms with Crippen molar-refractivity contribution in [3.8, 4) is 22.6 Å². The molecule has 1 N–H and O–H groups in total. The van der Waals surface area contributed by atoms with E-state index < -0.39 is 16.8 Å². The van der Waals surface area contributed by atoms with E-state index in [-0.39, 0.29) is 11.7 Å². The lowest BCUT2D eigenvalue weighted by molar-refractivity contribution is 0.0181. The second kappa shape index (κ2) is 13.6. The maximum absolute atomic E-state index is 12.8. The normalized spacial score (nSPS) is 19.4. The summed E-state index contributed by atoms with van der Waals surface area (Å²) in [6.45, 7) is 7.21. The average Bonchev–Trinajstić information content (AvgIpc) is 3.53. The van der Waals surface area contributed by atoms with Gasteiger partial charge < -0.3 is 28.5 Å². The Morgan fingerprint density at radius 3 is 2.41 bits per heavy atom. The number of hydrogen-bond donors (Lipinski definition) is 1. The number of likely N-dealkylation sites (tertiary alicyclic amines) is 1. The lowest BCUT2D eigenvalue weighted by Gasteiger charge is -2.33. The van der Waals surface area contributed by atoms with Crippen molar-refractivity contribution in [3.63, 3.8) is 0 Å². The summed E-state index contributed by atoms with van der Waals surface area (Å²) >= 11 is -0.723. The van der Waals surface area contributed by atoms with E-state index in [1.54, 1.807) is 17.8 Å². The Bertz CT molecular complexity index is 1720. The van der Waals surface area contributed by atoms with Crippen LogP contribution in [0.15, 0.2) is 65.7 Å². The van der Waals surface area contributed by atoms with E-state index in [1.165, 1.54) is 11.1 Å². The molecule has 6 rings (SSSR count). The summed E-state index contributed by atoms with van der Waals surface area (Å²) < 4.78 is 25.7. The van der Waals surface area contributed by atoms with Crippen LogP contribution in [-0.4, -0.2) is 55.3 Å². The molecule has 2 fully saturated rings. The van der Waals surface area contributed by atoms with Crippen LogP contribution in [-0.2, 0) is 29.4 Å². The molecule has 2 aliphatic heterocycles. The predicted octanol–water partition coefficient (Wildman–Crippen LogP) is 7.53. The van der Waals surface area contributed by atoms with Gasteiger partial charge in [-0.1, -0.05) is 29.4 Å². The molecule has 1 amide bonds. The molecule has 0 saturated carbocycles. The molecule has 0 radical (unpaired) electrons. The number of nitrogens with one attached hydrogen (secondary N) is 1. The Kier molecular flexibility index (Phi) is 9.52.